The number of aliphatic hydroxyl groups is 1. The number of hydrogen-bond donors (Lipinski definition) is 1. The fraction of sp³-hybridized carbons (Fsp3) is 0.404. The van der Waals surface area contributed by atoms with Gasteiger partial charge in [0, 0.05) is 67.1 Å². The number of carbonyl (C=O) groups excluding carboxylic acids is 1. The third-order valence-corrected chi connectivity index (χ3v) is 10.0. The molecule has 0 atom stereocenters. The van der Waals surface area contributed by atoms with Gasteiger partial charge in [0.15, 0.2) is 11.4 Å². The van der Waals surface area contributed by atoms with Crippen LogP contribution in [0, 0.1) is 30.7 Å². The van der Waals surface area contributed by atoms with Crippen molar-refractivity contribution >= 4 is 38.6 Å². The largest absolute Gasteiger partial charge is 0.512 e. The van der Waals surface area contributed by atoms with Gasteiger partial charge < -0.3 is 13.9 Å². The smallest absolute Gasteiger partial charge is 0.162 e. The molecule has 6 heteroatoms. The zero-order chi connectivity index (χ0) is 37.7. The minimum absolute atomic E-state index is 0. The number of carbonyl (C=O) groups is 1. The molecule has 0 saturated heterocycles. The van der Waals surface area contributed by atoms with Gasteiger partial charge in [0.05, 0.1) is 5.76 Å². The number of nitrogens with zero attached hydrogens (tertiary/aromatic N) is 1. The Kier molecular flexibility index (Phi) is 14.1. The van der Waals surface area contributed by atoms with Crippen molar-refractivity contribution in [3.63, 3.8) is 0 Å². The first-order valence-electron chi connectivity index (χ1n) is 19.1. The van der Waals surface area contributed by atoms with Crippen LogP contribution in [0.1, 0.15) is 105 Å². The molecule has 53 heavy (non-hydrogen) atoms. The van der Waals surface area contributed by atoms with E-state index in [1.54, 1.807) is 0 Å². The van der Waals surface area contributed by atoms with Gasteiger partial charge in [-0.2, -0.15) is 0 Å². The maximum Gasteiger partial charge on any atom is 0.162 e. The van der Waals surface area contributed by atoms with Crippen molar-refractivity contribution in [2.75, 3.05) is 0 Å². The van der Waals surface area contributed by atoms with Crippen LogP contribution in [0.5, 0.6) is 0 Å². The van der Waals surface area contributed by atoms with Crippen LogP contribution in [0.15, 0.2) is 87.4 Å². The van der Waals surface area contributed by atoms with Gasteiger partial charge in [-0.1, -0.05) is 110 Å². The van der Waals surface area contributed by atoms with E-state index in [2.05, 4.69) is 101 Å². The first-order chi connectivity index (χ1) is 24.8. The van der Waals surface area contributed by atoms with Gasteiger partial charge in [-0.15, -0.1) is 29.1 Å². The number of aliphatic hydroxyl groups excluding tert-OH is 1. The molecule has 283 valence electrons. The molecule has 0 fully saturated rings. The number of ketones is 1. The zero-order valence-electron chi connectivity index (χ0n) is 33.1. The molecule has 0 saturated carbocycles. The van der Waals surface area contributed by atoms with Crippen molar-refractivity contribution in [3.8, 4) is 22.4 Å². The molecular weight excluding hydrogens is 835 g/mol. The first-order valence-corrected chi connectivity index (χ1v) is 19.1. The second-order valence-corrected chi connectivity index (χ2v) is 15.6. The standard InChI is InChI=1S/C34H32NO2.C13H24O2.Ir/c1-20(2)13-26-16-24-12-11-23(18-32(24)37-26)28-19-30(35-31-14-21(3)36-33(28)31)25-15-22-9-7-8-10-27(22)29(17-25)34(4,5)6;1-5-10(6-2)12(14)9-13(15)11(7-3)8-4;/h7-12,14,16-20H,13H2,1-6H3;9-11,14H,5-8H2,1-4H3;/q-1;;/b;12-9-;. The van der Waals surface area contributed by atoms with Crippen LogP contribution in [0.25, 0.3) is 55.2 Å². The number of aromatic nitrogens is 1. The summed E-state index contributed by atoms with van der Waals surface area (Å²) in [5.74, 6) is 2.96. The topological polar surface area (TPSA) is 76.5 Å². The molecule has 0 aliphatic rings. The number of aryl methyl sites for hydroxylation is 1. The van der Waals surface area contributed by atoms with E-state index in [9.17, 15) is 9.90 Å². The summed E-state index contributed by atoms with van der Waals surface area (Å²) in [5, 5.41) is 13.2. The molecular formula is C47H56IrNO4-. The average molecular weight is 891 g/mol. The maximum atomic E-state index is 11.7. The summed E-state index contributed by atoms with van der Waals surface area (Å²) < 4.78 is 12.4. The molecule has 0 amide bonds. The molecule has 3 aromatic heterocycles. The maximum absolute atomic E-state index is 11.7. The molecule has 0 bridgehead atoms. The summed E-state index contributed by atoms with van der Waals surface area (Å²) in [4.78, 5) is 16.7. The van der Waals surface area contributed by atoms with Crippen LogP contribution in [0.3, 0.4) is 0 Å². The summed E-state index contributed by atoms with van der Waals surface area (Å²) in [6.45, 7) is 21.2. The van der Waals surface area contributed by atoms with E-state index in [1.807, 2.05) is 40.7 Å². The molecule has 3 heterocycles. The van der Waals surface area contributed by atoms with Crippen LogP contribution < -0.4 is 0 Å². The van der Waals surface area contributed by atoms with Crippen LogP contribution in [-0.4, -0.2) is 15.9 Å². The third kappa shape index (κ3) is 9.77. The summed E-state index contributed by atoms with van der Waals surface area (Å²) in [6.07, 6.45) is 5.84. The Morgan fingerprint density at radius 1 is 0.887 bits per heavy atom. The van der Waals surface area contributed by atoms with Crippen LogP contribution in [-0.2, 0) is 36.7 Å². The Bertz CT molecular complexity index is 2190. The quantitative estimate of drug-likeness (QED) is 0.0797. The van der Waals surface area contributed by atoms with Crippen molar-refractivity contribution in [3.05, 3.63) is 102 Å². The molecule has 1 radical (unpaired) electrons. The Morgan fingerprint density at radius 2 is 1.57 bits per heavy atom. The fourth-order valence-corrected chi connectivity index (χ4v) is 7.02. The second-order valence-electron chi connectivity index (χ2n) is 15.6. The van der Waals surface area contributed by atoms with Crippen LogP contribution in [0.2, 0.25) is 0 Å². The number of pyridine rings is 1. The van der Waals surface area contributed by atoms with Gasteiger partial charge in [0.2, 0.25) is 0 Å². The van der Waals surface area contributed by atoms with Gasteiger partial charge in [-0.25, -0.2) is 0 Å². The van der Waals surface area contributed by atoms with Gasteiger partial charge in [0.25, 0.3) is 0 Å². The number of hydrogen-bond acceptors (Lipinski definition) is 5. The van der Waals surface area contributed by atoms with Crippen molar-refractivity contribution < 1.29 is 38.8 Å². The van der Waals surface area contributed by atoms with Gasteiger partial charge >= 0.3 is 0 Å². The van der Waals surface area contributed by atoms with E-state index < -0.39 is 0 Å². The molecule has 6 aromatic rings. The molecule has 0 unspecified atom stereocenters. The number of benzene rings is 3. The predicted octanol–water partition coefficient (Wildman–Crippen LogP) is 13.5. The normalized spacial score (nSPS) is 12.2. The Morgan fingerprint density at radius 3 is 2.21 bits per heavy atom. The van der Waals surface area contributed by atoms with Gasteiger partial charge in [-0.05, 0) is 61.6 Å². The Balaban J connectivity index is 0.000000335. The SMILES string of the molecule is CCC(CC)C(=O)/C=C(\O)C(CC)CC.Cc1cc2nc(-c3[c-]c4ccccc4c(C(C)(C)C)c3)cc(-c3ccc4cc(CC(C)C)oc4c3)c2o1.[Ir]. The molecule has 6 rings (SSSR count). The van der Waals surface area contributed by atoms with Gasteiger partial charge in [0.1, 0.15) is 22.6 Å². The van der Waals surface area contributed by atoms with Crippen molar-refractivity contribution in [1.82, 2.24) is 4.98 Å². The van der Waals surface area contributed by atoms with Crippen LogP contribution in [0.4, 0.5) is 0 Å². The minimum atomic E-state index is -0.0133. The van der Waals surface area contributed by atoms with E-state index in [0.717, 1.165) is 93.5 Å². The monoisotopic (exact) mass is 891 g/mol. The van der Waals surface area contributed by atoms with E-state index in [-0.39, 0.29) is 48.9 Å². The number of allylic oxidation sites excluding steroid dienone is 2. The molecule has 5 nitrogen and oxygen atoms in total. The third-order valence-electron chi connectivity index (χ3n) is 10.0. The first kappa shape index (κ1) is 41.8. The number of fused-ring (bicyclic) bond motifs is 3. The molecule has 3 aromatic carbocycles. The number of rotatable bonds is 11. The second kappa shape index (κ2) is 17.9. The average Bonchev–Trinajstić information content (AvgIpc) is 3.69. The Hall–Kier alpha value is -3.99. The van der Waals surface area contributed by atoms with E-state index in [0.29, 0.717) is 5.92 Å². The van der Waals surface area contributed by atoms with E-state index in [4.69, 9.17) is 13.8 Å². The number of furan rings is 2. The van der Waals surface area contributed by atoms with Crippen molar-refractivity contribution in [2.24, 2.45) is 17.8 Å². The minimum Gasteiger partial charge on any atom is -0.512 e. The molecule has 0 aliphatic carbocycles. The molecule has 1 N–H and O–H groups in total. The van der Waals surface area contributed by atoms with Crippen LogP contribution >= 0.6 is 0 Å². The van der Waals surface area contributed by atoms with Crippen molar-refractivity contribution in [1.29, 1.82) is 0 Å². The van der Waals surface area contributed by atoms with E-state index >= 15 is 0 Å². The summed E-state index contributed by atoms with van der Waals surface area (Å²) in [6, 6.07) is 27.1. The molecule has 0 aliphatic heterocycles. The van der Waals surface area contributed by atoms with Gasteiger partial charge in [-0.3, -0.25) is 9.78 Å². The summed E-state index contributed by atoms with van der Waals surface area (Å²) in [5.41, 5.74) is 7.77. The fourth-order valence-electron chi connectivity index (χ4n) is 7.02. The van der Waals surface area contributed by atoms with Crippen molar-refractivity contribution in [2.45, 2.75) is 107 Å². The predicted molar refractivity (Wildman–Crippen MR) is 217 cm³/mol. The zero-order valence-corrected chi connectivity index (χ0v) is 35.5. The molecule has 0 spiro atoms. The summed E-state index contributed by atoms with van der Waals surface area (Å²) in [7, 11) is 0. The summed E-state index contributed by atoms with van der Waals surface area (Å²) >= 11 is 0. The Labute approximate surface area is 329 Å². The van der Waals surface area contributed by atoms with E-state index in [1.165, 1.54) is 17.0 Å².